The van der Waals surface area contributed by atoms with Gasteiger partial charge < -0.3 is 19.3 Å². The summed E-state index contributed by atoms with van der Waals surface area (Å²) in [4.78, 5) is 13.4. The predicted octanol–water partition coefficient (Wildman–Crippen LogP) is 4.26. The van der Waals surface area contributed by atoms with Crippen molar-refractivity contribution in [2.75, 3.05) is 38.1 Å². The first kappa shape index (κ1) is 19.5. The first-order valence-corrected chi connectivity index (χ1v) is 11.0. The lowest BCUT2D eigenvalue weighted by atomic mass is 9.86. The number of aromatic nitrogens is 2. The number of benzene rings is 1. The molecule has 0 radical (unpaired) electrons. The van der Waals surface area contributed by atoms with E-state index in [1.807, 2.05) is 0 Å². The van der Waals surface area contributed by atoms with Crippen LogP contribution in [0.2, 0.25) is 0 Å². The highest BCUT2D eigenvalue weighted by molar-refractivity contribution is 5.55. The summed E-state index contributed by atoms with van der Waals surface area (Å²) in [6, 6.07) is 4.45. The molecule has 1 saturated carbocycles. The Hall–Kier alpha value is -2.41. The fourth-order valence-corrected chi connectivity index (χ4v) is 5.19. The van der Waals surface area contributed by atoms with E-state index in [2.05, 4.69) is 26.8 Å². The van der Waals surface area contributed by atoms with Gasteiger partial charge in [0.25, 0.3) is 0 Å². The van der Waals surface area contributed by atoms with Crippen LogP contribution in [0.3, 0.4) is 0 Å². The first-order chi connectivity index (χ1) is 14.6. The molecule has 6 nitrogen and oxygen atoms in total. The SMILES string of the molecule is CN1CCC2(CCN(c3ncncc3Oc3ccc(F)cc3OC3CCCC3)C2)C1. The maximum absolute atomic E-state index is 13.9. The van der Waals surface area contributed by atoms with Crippen LogP contribution in [0.15, 0.2) is 30.7 Å². The zero-order valence-electron chi connectivity index (χ0n) is 17.5. The van der Waals surface area contributed by atoms with Crippen molar-refractivity contribution >= 4 is 5.82 Å². The van der Waals surface area contributed by atoms with E-state index >= 15 is 0 Å². The number of likely N-dealkylation sites (tertiary alicyclic amines) is 1. The summed E-state index contributed by atoms with van der Waals surface area (Å²) >= 11 is 0. The predicted molar refractivity (Wildman–Crippen MR) is 113 cm³/mol. The van der Waals surface area contributed by atoms with Crippen molar-refractivity contribution in [1.29, 1.82) is 0 Å². The largest absolute Gasteiger partial charge is 0.486 e. The summed E-state index contributed by atoms with van der Waals surface area (Å²) in [5.41, 5.74) is 0.337. The number of hydrogen-bond acceptors (Lipinski definition) is 6. The fourth-order valence-electron chi connectivity index (χ4n) is 5.19. The lowest BCUT2D eigenvalue weighted by molar-refractivity contribution is 0.202. The molecule has 1 atom stereocenters. The van der Waals surface area contributed by atoms with Crippen molar-refractivity contribution in [1.82, 2.24) is 14.9 Å². The Morgan fingerprint density at radius 3 is 2.70 bits per heavy atom. The van der Waals surface area contributed by atoms with Gasteiger partial charge in [0.05, 0.1) is 12.3 Å². The van der Waals surface area contributed by atoms with Crippen LogP contribution in [0.25, 0.3) is 0 Å². The normalized spacial score (nSPS) is 24.8. The van der Waals surface area contributed by atoms with Crippen LogP contribution in [0, 0.1) is 11.2 Å². The van der Waals surface area contributed by atoms with E-state index in [0.717, 1.165) is 64.1 Å². The minimum atomic E-state index is -0.327. The average molecular weight is 413 g/mol. The molecule has 0 bridgehead atoms. The number of rotatable bonds is 5. The molecule has 2 aromatic rings. The van der Waals surface area contributed by atoms with Crippen LogP contribution in [-0.4, -0.2) is 54.2 Å². The maximum atomic E-state index is 13.9. The summed E-state index contributed by atoms with van der Waals surface area (Å²) in [5.74, 6) is 2.02. The minimum absolute atomic E-state index is 0.124. The molecular formula is C23H29FN4O2. The van der Waals surface area contributed by atoms with E-state index in [-0.39, 0.29) is 11.9 Å². The topological polar surface area (TPSA) is 50.7 Å². The monoisotopic (exact) mass is 412 g/mol. The van der Waals surface area contributed by atoms with Gasteiger partial charge in [0.1, 0.15) is 12.1 Å². The highest BCUT2D eigenvalue weighted by atomic mass is 19.1. The molecule has 3 heterocycles. The van der Waals surface area contributed by atoms with Gasteiger partial charge >= 0.3 is 0 Å². The third-order valence-electron chi connectivity index (χ3n) is 6.75. The Labute approximate surface area is 177 Å². The van der Waals surface area contributed by atoms with Gasteiger partial charge in [0.15, 0.2) is 23.1 Å². The Bertz CT molecular complexity index is 905. The number of hydrogen-bond donors (Lipinski definition) is 0. The Kier molecular flexibility index (Phi) is 5.23. The highest BCUT2D eigenvalue weighted by Crippen LogP contribution is 2.43. The quantitative estimate of drug-likeness (QED) is 0.731. The molecule has 3 aliphatic rings. The second-order valence-electron chi connectivity index (χ2n) is 9.09. The van der Waals surface area contributed by atoms with Crippen LogP contribution in [0.1, 0.15) is 38.5 Å². The lowest BCUT2D eigenvalue weighted by Crippen LogP contribution is -2.30. The second kappa shape index (κ2) is 8.02. The smallest absolute Gasteiger partial charge is 0.188 e. The van der Waals surface area contributed by atoms with Gasteiger partial charge in [-0.3, -0.25) is 0 Å². The lowest BCUT2D eigenvalue weighted by Gasteiger charge is -2.25. The summed E-state index contributed by atoms with van der Waals surface area (Å²) in [6.45, 7) is 4.20. The zero-order chi connectivity index (χ0) is 20.6. The molecule has 2 saturated heterocycles. The van der Waals surface area contributed by atoms with Crippen molar-refractivity contribution in [2.45, 2.75) is 44.6 Å². The molecule has 2 aliphatic heterocycles. The van der Waals surface area contributed by atoms with Gasteiger partial charge in [-0.05, 0) is 64.3 Å². The van der Waals surface area contributed by atoms with Crippen molar-refractivity contribution in [3.8, 4) is 17.2 Å². The summed E-state index contributed by atoms with van der Waals surface area (Å²) in [5, 5.41) is 0. The van der Waals surface area contributed by atoms with E-state index in [1.165, 1.54) is 18.6 Å². The number of anilines is 1. The summed E-state index contributed by atoms with van der Waals surface area (Å²) in [7, 11) is 2.19. The van der Waals surface area contributed by atoms with Crippen LogP contribution in [0.4, 0.5) is 10.2 Å². The standard InChI is InChI=1S/C23H29FN4O2/c1-27-10-8-23(14-27)9-11-28(15-23)22-21(13-25-16-26-22)30-19-7-6-17(24)12-20(19)29-18-4-2-3-5-18/h6-7,12-13,16,18H,2-5,8-11,14-15H2,1H3. The van der Waals surface area contributed by atoms with Crippen LogP contribution < -0.4 is 14.4 Å². The van der Waals surface area contributed by atoms with E-state index < -0.39 is 0 Å². The molecule has 1 aromatic heterocycles. The summed E-state index contributed by atoms with van der Waals surface area (Å²) < 4.78 is 26.2. The van der Waals surface area contributed by atoms with E-state index in [0.29, 0.717) is 22.7 Å². The molecule has 0 N–H and O–H groups in total. The maximum Gasteiger partial charge on any atom is 0.188 e. The molecule has 7 heteroatoms. The van der Waals surface area contributed by atoms with Crippen LogP contribution in [-0.2, 0) is 0 Å². The van der Waals surface area contributed by atoms with Crippen molar-refractivity contribution in [2.24, 2.45) is 5.41 Å². The molecule has 30 heavy (non-hydrogen) atoms. The molecule has 1 aromatic carbocycles. The molecule has 0 amide bonds. The van der Waals surface area contributed by atoms with Crippen molar-refractivity contribution < 1.29 is 13.9 Å². The Balaban J connectivity index is 1.38. The minimum Gasteiger partial charge on any atom is -0.486 e. The molecular weight excluding hydrogens is 383 g/mol. The molecule has 1 aliphatic carbocycles. The summed E-state index contributed by atoms with van der Waals surface area (Å²) in [6.07, 6.45) is 10.1. The molecule has 3 fully saturated rings. The average Bonchev–Trinajstić information content (AvgIpc) is 3.47. The first-order valence-electron chi connectivity index (χ1n) is 11.0. The van der Waals surface area contributed by atoms with E-state index in [9.17, 15) is 4.39 Å². The third kappa shape index (κ3) is 3.95. The van der Waals surface area contributed by atoms with E-state index in [1.54, 1.807) is 18.6 Å². The van der Waals surface area contributed by atoms with Gasteiger partial charge in [-0.2, -0.15) is 0 Å². The third-order valence-corrected chi connectivity index (χ3v) is 6.75. The van der Waals surface area contributed by atoms with Gasteiger partial charge in [-0.25, -0.2) is 14.4 Å². The molecule has 160 valence electrons. The number of nitrogens with zero attached hydrogens (tertiary/aromatic N) is 4. The highest BCUT2D eigenvalue weighted by Gasteiger charge is 2.43. The Morgan fingerprint density at radius 2 is 1.90 bits per heavy atom. The second-order valence-corrected chi connectivity index (χ2v) is 9.09. The fraction of sp³-hybridized carbons (Fsp3) is 0.565. The van der Waals surface area contributed by atoms with Gasteiger partial charge in [0.2, 0.25) is 0 Å². The van der Waals surface area contributed by atoms with Crippen LogP contribution >= 0.6 is 0 Å². The molecule has 5 rings (SSSR count). The van der Waals surface area contributed by atoms with Gasteiger partial charge in [-0.15, -0.1) is 0 Å². The zero-order valence-corrected chi connectivity index (χ0v) is 17.5. The molecule has 1 unspecified atom stereocenters. The molecule has 1 spiro atoms. The number of halogens is 1. The van der Waals surface area contributed by atoms with Gasteiger partial charge in [0, 0.05) is 31.1 Å². The van der Waals surface area contributed by atoms with Gasteiger partial charge in [-0.1, -0.05) is 0 Å². The van der Waals surface area contributed by atoms with E-state index in [4.69, 9.17) is 9.47 Å². The van der Waals surface area contributed by atoms with Crippen molar-refractivity contribution in [3.05, 3.63) is 36.5 Å². The van der Waals surface area contributed by atoms with Crippen molar-refractivity contribution in [3.63, 3.8) is 0 Å². The Morgan fingerprint density at radius 1 is 1.07 bits per heavy atom. The number of ether oxygens (including phenoxy) is 2. The van der Waals surface area contributed by atoms with Crippen LogP contribution in [0.5, 0.6) is 17.2 Å².